The molecule has 3 aromatic rings. The van der Waals surface area contributed by atoms with Gasteiger partial charge in [0.05, 0.1) is 0 Å². The fraction of sp³-hybridized carbons (Fsp3) is 0.207. The molecular weight excluding hydrogens is 496 g/mol. The van der Waals surface area contributed by atoms with Crippen molar-refractivity contribution in [1.29, 1.82) is 0 Å². The van der Waals surface area contributed by atoms with Gasteiger partial charge in [0.15, 0.2) is 11.7 Å². The van der Waals surface area contributed by atoms with Crippen molar-refractivity contribution in [3.63, 3.8) is 0 Å². The molecule has 202 valence electrons. The second-order valence-electron chi connectivity index (χ2n) is 8.90. The van der Waals surface area contributed by atoms with Crippen LogP contribution in [0.3, 0.4) is 0 Å². The fourth-order valence-corrected chi connectivity index (χ4v) is 3.89. The first-order chi connectivity index (χ1) is 18.7. The number of ketones is 1. The Labute approximate surface area is 226 Å². The highest BCUT2D eigenvalue weighted by atomic mass is 16.2. The number of carbonyl (C=O) groups excluding carboxylic acids is 4. The second kappa shape index (κ2) is 14.1. The molecule has 8 N–H and O–H groups in total. The van der Waals surface area contributed by atoms with Crippen LogP contribution in [0.2, 0.25) is 0 Å². The lowest BCUT2D eigenvalue weighted by Crippen LogP contribution is -2.53. The van der Waals surface area contributed by atoms with Crippen LogP contribution in [0.4, 0.5) is 0 Å². The molecule has 0 unspecified atom stereocenters. The Kier molecular flexibility index (Phi) is 10.3. The van der Waals surface area contributed by atoms with E-state index in [2.05, 4.69) is 15.6 Å². The molecule has 0 saturated carbocycles. The maximum atomic E-state index is 13.2. The first-order valence-corrected chi connectivity index (χ1v) is 12.4. The molecule has 39 heavy (non-hydrogen) atoms. The maximum absolute atomic E-state index is 13.2. The highest BCUT2D eigenvalue weighted by Crippen LogP contribution is 2.12. The Bertz CT molecular complexity index is 1310. The normalized spacial score (nSPS) is 12.0. The summed E-state index contributed by atoms with van der Waals surface area (Å²) in [6.45, 7) is 0.252. The zero-order valence-corrected chi connectivity index (χ0v) is 21.4. The van der Waals surface area contributed by atoms with E-state index in [0.29, 0.717) is 17.5 Å². The summed E-state index contributed by atoms with van der Waals surface area (Å²) >= 11 is 0. The number of guanidine groups is 1. The van der Waals surface area contributed by atoms with Crippen molar-refractivity contribution >= 4 is 29.5 Å². The van der Waals surface area contributed by atoms with Gasteiger partial charge in [-0.1, -0.05) is 72.8 Å². The summed E-state index contributed by atoms with van der Waals surface area (Å²) in [5.41, 5.74) is 18.3. The van der Waals surface area contributed by atoms with Gasteiger partial charge in [-0.2, -0.15) is 0 Å². The van der Waals surface area contributed by atoms with Gasteiger partial charge in [0.25, 0.3) is 5.91 Å². The average Bonchev–Trinajstić information content (AvgIpc) is 2.94. The molecule has 0 spiro atoms. The SMILES string of the molecule is NC(=O)[C@H](Cc1ccccc1)NC(=O)[C@H](CCCN=C(N)N)NC(=O)c1ccc(C(=O)c2ccccc2)cc1. The van der Waals surface area contributed by atoms with Gasteiger partial charge in [-0.3, -0.25) is 24.2 Å². The lowest BCUT2D eigenvalue weighted by Gasteiger charge is -2.22. The quantitative estimate of drug-likeness (QED) is 0.0963. The predicted octanol–water partition coefficient (Wildman–Crippen LogP) is 1.28. The minimum atomic E-state index is -0.991. The van der Waals surface area contributed by atoms with Crippen molar-refractivity contribution < 1.29 is 19.2 Å². The number of benzene rings is 3. The molecule has 0 heterocycles. The molecule has 0 aliphatic carbocycles. The second-order valence-corrected chi connectivity index (χ2v) is 8.90. The molecule has 10 nitrogen and oxygen atoms in total. The largest absolute Gasteiger partial charge is 0.370 e. The van der Waals surface area contributed by atoms with Crippen molar-refractivity contribution in [1.82, 2.24) is 10.6 Å². The van der Waals surface area contributed by atoms with Crippen molar-refractivity contribution in [2.45, 2.75) is 31.3 Å². The van der Waals surface area contributed by atoms with Crippen LogP contribution < -0.4 is 27.8 Å². The molecule has 0 bridgehead atoms. The Hall–Kier alpha value is -4.99. The Morgan fingerprint density at radius 3 is 1.85 bits per heavy atom. The number of nitrogens with one attached hydrogen (secondary N) is 2. The summed E-state index contributed by atoms with van der Waals surface area (Å²) in [5, 5.41) is 5.37. The summed E-state index contributed by atoms with van der Waals surface area (Å²) in [7, 11) is 0. The minimum absolute atomic E-state index is 0.0816. The van der Waals surface area contributed by atoms with E-state index in [0.717, 1.165) is 5.56 Å². The minimum Gasteiger partial charge on any atom is -0.370 e. The number of amides is 3. The molecule has 0 aromatic heterocycles. The van der Waals surface area contributed by atoms with Crippen LogP contribution in [0.1, 0.15) is 44.7 Å². The van der Waals surface area contributed by atoms with E-state index in [1.54, 1.807) is 36.4 Å². The molecule has 3 aromatic carbocycles. The van der Waals surface area contributed by atoms with Gasteiger partial charge in [-0.15, -0.1) is 0 Å². The monoisotopic (exact) mass is 528 g/mol. The number of rotatable bonds is 13. The smallest absolute Gasteiger partial charge is 0.251 e. The van der Waals surface area contributed by atoms with E-state index in [1.165, 1.54) is 12.1 Å². The molecule has 0 aliphatic heterocycles. The molecule has 0 saturated heterocycles. The van der Waals surface area contributed by atoms with Gasteiger partial charge < -0.3 is 27.8 Å². The molecule has 0 aliphatic rings. The standard InChI is InChI=1S/C29H32N6O4/c30-26(37)24(18-19-8-3-1-4-9-19)35-28(39)23(12-7-17-33-29(31)32)34-27(38)22-15-13-21(14-16-22)25(36)20-10-5-2-6-11-20/h1-6,8-11,13-16,23-24H,7,12,17-18H2,(H2,30,37)(H,34,38)(H,35,39)(H4,31,32,33)/t23-,24-/m0/s1. The van der Waals surface area contributed by atoms with Crippen LogP contribution in [0.5, 0.6) is 0 Å². The third-order valence-electron chi connectivity index (χ3n) is 5.95. The van der Waals surface area contributed by atoms with Gasteiger partial charge >= 0.3 is 0 Å². The number of nitrogens with zero attached hydrogens (tertiary/aromatic N) is 1. The number of hydrogen-bond donors (Lipinski definition) is 5. The van der Waals surface area contributed by atoms with Gasteiger partial charge in [0.2, 0.25) is 11.8 Å². The molecule has 3 amide bonds. The molecular formula is C29H32N6O4. The van der Waals surface area contributed by atoms with E-state index in [-0.39, 0.29) is 36.7 Å². The van der Waals surface area contributed by atoms with Crippen LogP contribution in [-0.4, -0.2) is 48.1 Å². The molecule has 10 heteroatoms. The Balaban J connectivity index is 1.71. The summed E-state index contributed by atoms with van der Waals surface area (Å²) < 4.78 is 0. The molecule has 2 atom stereocenters. The number of hydrogen-bond acceptors (Lipinski definition) is 5. The van der Waals surface area contributed by atoms with Crippen LogP contribution >= 0.6 is 0 Å². The first kappa shape index (κ1) is 28.6. The predicted molar refractivity (Wildman–Crippen MR) is 149 cm³/mol. The van der Waals surface area contributed by atoms with E-state index < -0.39 is 29.8 Å². The topological polar surface area (TPSA) is 183 Å². The Morgan fingerprint density at radius 2 is 1.26 bits per heavy atom. The van der Waals surface area contributed by atoms with Crippen LogP contribution in [0.25, 0.3) is 0 Å². The van der Waals surface area contributed by atoms with Crippen molar-refractivity contribution in [2.24, 2.45) is 22.2 Å². The molecule has 0 fully saturated rings. The maximum Gasteiger partial charge on any atom is 0.251 e. The zero-order valence-electron chi connectivity index (χ0n) is 21.4. The highest BCUT2D eigenvalue weighted by Gasteiger charge is 2.26. The lowest BCUT2D eigenvalue weighted by atomic mass is 10.0. The Morgan fingerprint density at radius 1 is 0.692 bits per heavy atom. The number of primary amides is 1. The van der Waals surface area contributed by atoms with Crippen LogP contribution in [0.15, 0.2) is 89.9 Å². The van der Waals surface area contributed by atoms with Crippen molar-refractivity contribution in [3.05, 3.63) is 107 Å². The van der Waals surface area contributed by atoms with Crippen LogP contribution in [-0.2, 0) is 16.0 Å². The highest BCUT2D eigenvalue weighted by molar-refractivity contribution is 6.09. The van der Waals surface area contributed by atoms with Gasteiger partial charge in [-0.25, -0.2) is 0 Å². The van der Waals surface area contributed by atoms with Gasteiger partial charge in [-0.05, 0) is 30.5 Å². The van der Waals surface area contributed by atoms with Crippen molar-refractivity contribution in [3.8, 4) is 0 Å². The average molecular weight is 529 g/mol. The molecule has 0 radical (unpaired) electrons. The number of carbonyl (C=O) groups is 4. The van der Waals surface area contributed by atoms with E-state index in [9.17, 15) is 19.2 Å². The summed E-state index contributed by atoms with van der Waals surface area (Å²) in [5.74, 6) is -2.04. The summed E-state index contributed by atoms with van der Waals surface area (Å²) in [6, 6.07) is 22.1. The van der Waals surface area contributed by atoms with E-state index >= 15 is 0 Å². The summed E-state index contributed by atoms with van der Waals surface area (Å²) in [4.78, 5) is 54.9. The van der Waals surface area contributed by atoms with Crippen LogP contribution in [0, 0.1) is 0 Å². The van der Waals surface area contributed by atoms with Crippen molar-refractivity contribution in [2.75, 3.05) is 6.54 Å². The number of aliphatic imine (C=N–C) groups is 1. The van der Waals surface area contributed by atoms with Gasteiger partial charge in [0, 0.05) is 29.7 Å². The lowest BCUT2D eigenvalue weighted by molar-refractivity contribution is -0.128. The summed E-state index contributed by atoms with van der Waals surface area (Å²) in [6.07, 6.45) is 0.796. The van der Waals surface area contributed by atoms with Gasteiger partial charge in [0.1, 0.15) is 12.1 Å². The molecule has 3 rings (SSSR count). The third-order valence-corrected chi connectivity index (χ3v) is 5.95. The fourth-order valence-electron chi connectivity index (χ4n) is 3.89. The van der Waals surface area contributed by atoms with E-state index in [1.807, 2.05) is 36.4 Å². The zero-order chi connectivity index (χ0) is 28.2. The first-order valence-electron chi connectivity index (χ1n) is 12.4. The van der Waals surface area contributed by atoms with E-state index in [4.69, 9.17) is 17.2 Å². The third kappa shape index (κ3) is 8.81. The number of nitrogens with two attached hydrogens (primary N) is 3.